The van der Waals surface area contributed by atoms with Crippen LogP contribution in [0.2, 0.25) is 0 Å². The number of carbonyl (C=O) groups excluding carboxylic acids is 2. The van der Waals surface area contributed by atoms with Gasteiger partial charge in [-0.3, -0.25) is 9.59 Å². The first-order valence-corrected chi connectivity index (χ1v) is 6.96. The van der Waals surface area contributed by atoms with Crippen LogP contribution < -0.4 is 5.32 Å². The van der Waals surface area contributed by atoms with E-state index in [2.05, 4.69) is 5.32 Å². The van der Waals surface area contributed by atoms with Gasteiger partial charge in [0.15, 0.2) is 0 Å². The first kappa shape index (κ1) is 14.3. The average Bonchev–Trinajstić information content (AvgIpc) is 2.45. The van der Waals surface area contributed by atoms with Gasteiger partial charge in [-0.2, -0.15) is 0 Å². The van der Waals surface area contributed by atoms with Gasteiger partial charge in [0, 0.05) is 19.7 Å². The minimum Gasteiger partial charge on any atom is -0.356 e. The van der Waals surface area contributed by atoms with Gasteiger partial charge in [-0.05, 0) is 23.6 Å². The van der Waals surface area contributed by atoms with Gasteiger partial charge in [0.1, 0.15) is 0 Å². The smallest absolute Gasteiger partial charge is 0.223 e. The SMILES string of the molecule is CCCNC(=O)CC1c2ccccc2C=CN1C(C)=O. The molecule has 1 unspecified atom stereocenters. The second kappa shape index (κ2) is 6.37. The summed E-state index contributed by atoms with van der Waals surface area (Å²) >= 11 is 0. The van der Waals surface area contributed by atoms with Gasteiger partial charge >= 0.3 is 0 Å². The van der Waals surface area contributed by atoms with E-state index in [0.29, 0.717) is 13.0 Å². The van der Waals surface area contributed by atoms with Crippen molar-refractivity contribution in [2.75, 3.05) is 6.54 Å². The first-order valence-electron chi connectivity index (χ1n) is 6.96. The Hall–Kier alpha value is -2.10. The Bertz CT molecular complexity index is 537. The molecule has 0 radical (unpaired) electrons. The standard InChI is InChI=1S/C16H20N2O2/c1-3-9-17-16(20)11-15-14-7-5-4-6-13(14)8-10-18(15)12(2)19/h4-8,10,15H,3,9,11H2,1-2H3,(H,17,20). The van der Waals surface area contributed by atoms with Crippen molar-refractivity contribution in [3.05, 3.63) is 41.6 Å². The summed E-state index contributed by atoms with van der Waals surface area (Å²) in [6.07, 6.45) is 4.88. The fourth-order valence-corrected chi connectivity index (χ4v) is 2.43. The molecule has 1 aromatic carbocycles. The topological polar surface area (TPSA) is 49.4 Å². The van der Waals surface area contributed by atoms with E-state index in [-0.39, 0.29) is 17.9 Å². The summed E-state index contributed by atoms with van der Waals surface area (Å²) in [4.78, 5) is 25.4. The Balaban J connectivity index is 2.23. The summed E-state index contributed by atoms with van der Waals surface area (Å²) in [5, 5.41) is 2.87. The van der Waals surface area contributed by atoms with Gasteiger partial charge in [0.25, 0.3) is 0 Å². The van der Waals surface area contributed by atoms with Gasteiger partial charge in [-0.1, -0.05) is 31.2 Å². The van der Waals surface area contributed by atoms with E-state index in [1.807, 2.05) is 37.3 Å². The van der Waals surface area contributed by atoms with Gasteiger partial charge in [-0.15, -0.1) is 0 Å². The van der Waals surface area contributed by atoms with E-state index in [1.165, 1.54) is 6.92 Å². The minimum absolute atomic E-state index is 0.0202. The lowest BCUT2D eigenvalue weighted by Gasteiger charge is -2.32. The quantitative estimate of drug-likeness (QED) is 0.915. The number of carbonyl (C=O) groups is 2. The van der Waals surface area contributed by atoms with E-state index in [4.69, 9.17) is 0 Å². The molecule has 2 amide bonds. The van der Waals surface area contributed by atoms with Crippen molar-refractivity contribution in [2.45, 2.75) is 32.7 Å². The molecule has 1 N–H and O–H groups in total. The van der Waals surface area contributed by atoms with Crippen LogP contribution >= 0.6 is 0 Å². The Kier molecular flexibility index (Phi) is 4.56. The minimum atomic E-state index is -0.217. The molecule has 1 atom stereocenters. The lowest BCUT2D eigenvalue weighted by Crippen LogP contribution is -2.35. The van der Waals surface area contributed by atoms with Crippen molar-refractivity contribution in [3.63, 3.8) is 0 Å². The fourth-order valence-electron chi connectivity index (χ4n) is 2.43. The van der Waals surface area contributed by atoms with E-state index in [0.717, 1.165) is 17.5 Å². The van der Waals surface area contributed by atoms with Crippen molar-refractivity contribution in [1.29, 1.82) is 0 Å². The summed E-state index contributed by atoms with van der Waals surface area (Å²) in [6.45, 7) is 4.21. The van der Waals surface area contributed by atoms with Crippen molar-refractivity contribution < 1.29 is 9.59 Å². The average molecular weight is 272 g/mol. The van der Waals surface area contributed by atoms with Crippen LogP contribution in [0.25, 0.3) is 6.08 Å². The Morgan fingerprint density at radius 3 is 2.75 bits per heavy atom. The van der Waals surface area contributed by atoms with Gasteiger partial charge in [-0.25, -0.2) is 0 Å². The lowest BCUT2D eigenvalue weighted by atomic mass is 9.93. The highest BCUT2D eigenvalue weighted by Crippen LogP contribution is 2.32. The third-order valence-corrected chi connectivity index (χ3v) is 3.42. The third kappa shape index (κ3) is 3.07. The van der Waals surface area contributed by atoms with Crippen LogP contribution in [0.4, 0.5) is 0 Å². The number of benzene rings is 1. The largest absolute Gasteiger partial charge is 0.356 e. The summed E-state index contributed by atoms with van der Waals surface area (Å²) < 4.78 is 0. The summed E-state index contributed by atoms with van der Waals surface area (Å²) in [7, 11) is 0. The maximum atomic E-state index is 12.0. The fraction of sp³-hybridized carbons (Fsp3) is 0.375. The molecule has 1 aliphatic heterocycles. The number of rotatable bonds is 4. The molecule has 0 bridgehead atoms. The first-order chi connectivity index (χ1) is 9.63. The summed E-state index contributed by atoms with van der Waals surface area (Å²) in [5.41, 5.74) is 2.09. The number of nitrogens with zero attached hydrogens (tertiary/aromatic N) is 1. The molecule has 0 spiro atoms. The lowest BCUT2D eigenvalue weighted by molar-refractivity contribution is -0.129. The molecule has 0 saturated heterocycles. The summed E-state index contributed by atoms with van der Waals surface area (Å²) in [6, 6.07) is 7.66. The van der Waals surface area contributed by atoms with Gasteiger partial charge in [0.05, 0.1) is 12.5 Å². The second-order valence-electron chi connectivity index (χ2n) is 4.94. The monoisotopic (exact) mass is 272 g/mol. The normalized spacial score (nSPS) is 16.7. The van der Waals surface area contributed by atoms with Crippen LogP contribution in [0.5, 0.6) is 0 Å². The van der Waals surface area contributed by atoms with E-state index >= 15 is 0 Å². The maximum Gasteiger partial charge on any atom is 0.223 e. The number of nitrogens with one attached hydrogen (secondary N) is 1. The van der Waals surface area contributed by atoms with Crippen LogP contribution in [0.3, 0.4) is 0 Å². The van der Waals surface area contributed by atoms with Crippen LogP contribution in [0.15, 0.2) is 30.5 Å². The molecule has 0 fully saturated rings. The molecule has 0 aromatic heterocycles. The molecular weight excluding hydrogens is 252 g/mol. The predicted molar refractivity (Wildman–Crippen MR) is 78.7 cm³/mol. The third-order valence-electron chi connectivity index (χ3n) is 3.42. The highest BCUT2D eigenvalue weighted by atomic mass is 16.2. The zero-order valence-electron chi connectivity index (χ0n) is 11.9. The van der Waals surface area contributed by atoms with Crippen molar-refractivity contribution in [2.24, 2.45) is 0 Å². The molecular formula is C16H20N2O2. The number of amides is 2. The summed E-state index contributed by atoms with van der Waals surface area (Å²) in [5.74, 6) is -0.0720. The molecule has 0 aliphatic carbocycles. The molecule has 2 rings (SSSR count). The molecule has 4 nitrogen and oxygen atoms in total. The molecule has 20 heavy (non-hydrogen) atoms. The van der Waals surface area contributed by atoms with Crippen LogP contribution in [-0.2, 0) is 9.59 Å². The molecule has 4 heteroatoms. The molecule has 1 aliphatic rings. The van der Waals surface area contributed by atoms with Crippen molar-refractivity contribution >= 4 is 17.9 Å². The Morgan fingerprint density at radius 2 is 2.05 bits per heavy atom. The van der Waals surface area contributed by atoms with Crippen LogP contribution in [0.1, 0.15) is 43.9 Å². The number of hydrogen-bond acceptors (Lipinski definition) is 2. The zero-order valence-corrected chi connectivity index (χ0v) is 11.9. The maximum absolute atomic E-state index is 12.0. The molecule has 106 valence electrons. The highest BCUT2D eigenvalue weighted by Gasteiger charge is 2.27. The van der Waals surface area contributed by atoms with E-state index in [1.54, 1.807) is 11.1 Å². The molecule has 1 aromatic rings. The Labute approximate surface area is 119 Å². The number of fused-ring (bicyclic) bond motifs is 1. The number of hydrogen-bond donors (Lipinski definition) is 1. The zero-order chi connectivity index (χ0) is 14.5. The predicted octanol–water partition coefficient (Wildman–Crippen LogP) is 2.48. The van der Waals surface area contributed by atoms with Gasteiger partial charge in [0.2, 0.25) is 11.8 Å². The van der Waals surface area contributed by atoms with E-state index in [9.17, 15) is 9.59 Å². The van der Waals surface area contributed by atoms with Crippen LogP contribution in [0, 0.1) is 0 Å². The highest BCUT2D eigenvalue weighted by molar-refractivity contribution is 5.81. The second-order valence-corrected chi connectivity index (χ2v) is 4.94. The molecule has 1 heterocycles. The molecule has 0 saturated carbocycles. The van der Waals surface area contributed by atoms with Crippen LogP contribution in [-0.4, -0.2) is 23.3 Å². The van der Waals surface area contributed by atoms with Gasteiger partial charge < -0.3 is 10.2 Å². The van der Waals surface area contributed by atoms with Crippen molar-refractivity contribution in [1.82, 2.24) is 10.2 Å². The Morgan fingerprint density at radius 1 is 1.30 bits per heavy atom. The van der Waals surface area contributed by atoms with Crippen molar-refractivity contribution in [3.8, 4) is 0 Å². The van der Waals surface area contributed by atoms with E-state index < -0.39 is 0 Å².